The van der Waals surface area contributed by atoms with Crippen LogP contribution in [0.4, 0.5) is 0 Å². The fourth-order valence-corrected chi connectivity index (χ4v) is 2.27. The normalized spacial score (nSPS) is 10.5. The monoisotopic (exact) mass is 328 g/mol. The molecule has 0 aliphatic carbocycles. The number of hydrogen-bond acceptors (Lipinski definition) is 4. The third-order valence-electron chi connectivity index (χ3n) is 3.78. The van der Waals surface area contributed by atoms with Crippen molar-refractivity contribution in [1.82, 2.24) is 0 Å². The zero-order valence-electron chi connectivity index (χ0n) is 15.2. The van der Waals surface area contributed by atoms with Crippen LogP contribution in [0.1, 0.15) is 97.3 Å². The summed E-state index contributed by atoms with van der Waals surface area (Å²) >= 11 is 0. The second-order valence-electron chi connectivity index (χ2n) is 6.12. The van der Waals surface area contributed by atoms with E-state index in [1.54, 1.807) is 0 Å². The van der Waals surface area contributed by atoms with Gasteiger partial charge in [-0.05, 0) is 32.1 Å². The van der Waals surface area contributed by atoms with Crippen molar-refractivity contribution in [2.24, 2.45) is 0 Å². The minimum absolute atomic E-state index is 0.0986. The highest BCUT2D eigenvalue weighted by Crippen LogP contribution is 2.06. The van der Waals surface area contributed by atoms with Gasteiger partial charge < -0.3 is 9.47 Å². The van der Waals surface area contributed by atoms with Crippen LogP contribution in [0.5, 0.6) is 0 Å². The van der Waals surface area contributed by atoms with Crippen LogP contribution in [0.25, 0.3) is 0 Å². The van der Waals surface area contributed by atoms with Crippen molar-refractivity contribution in [3.63, 3.8) is 0 Å². The molecule has 0 radical (unpaired) electrons. The average Bonchev–Trinajstić information content (AvgIpc) is 2.55. The fourth-order valence-electron chi connectivity index (χ4n) is 2.27. The maximum absolute atomic E-state index is 11.5. The van der Waals surface area contributed by atoms with Gasteiger partial charge in [0.05, 0.1) is 13.2 Å². The second-order valence-corrected chi connectivity index (χ2v) is 6.12. The lowest BCUT2D eigenvalue weighted by molar-refractivity contribution is -0.145. The first-order chi connectivity index (χ1) is 11.2. The molecule has 0 aromatic rings. The number of carbonyl (C=O) groups is 2. The van der Waals surface area contributed by atoms with Gasteiger partial charge in [-0.1, -0.05) is 52.4 Å². The predicted octanol–water partition coefficient (Wildman–Crippen LogP) is 5.18. The molecule has 0 N–H and O–H groups in total. The minimum atomic E-state index is -0.106. The van der Waals surface area contributed by atoms with E-state index in [-0.39, 0.29) is 11.9 Å². The number of rotatable bonds is 16. The third kappa shape index (κ3) is 17.1. The Balaban J connectivity index is 3.26. The van der Waals surface area contributed by atoms with Crippen LogP contribution < -0.4 is 0 Å². The van der Waals surface area contributed by atoms with Gasteiger partial charge in [0.1, 0.15) is 0 Å². The maximum Gasteiger partial charge on any atom is 0.305 e. The van der Waals surface area contributed by atoms with Crippen LogP contribution in [0.3, 0.4) is 0 Å². The Morgan fingerprint density at radius 3 is 1.57 bits per heavy atom. The molecule has 0 unspecified atom stereocenters. The van der Waals surface area contributed by atoms with E-state index in [1.807, 2.05) is 0 Å². The van der Waals surface area contributed by atoms with Gasteiger partial charge in [0.25, 0.3) is 0 Å². The van der Waals surface area contributed by atoms with Crippen molar-refractivity contribution < 1.29 is 19.1 Å². The summed E-state index contributed by atoms with van der Waals surface area (Å²) in [6.45, 7) is 5.28. The Hall–Kier alpha value is -1.06. The van der Waals surface area contributed by atoms with Gasteiger partial charge in [-0.25, -0.2) is 0 Å². The summed E-state index contributed by atoms with van der Waals surface area (Å²) in [5.41, 5.74) is 0. The topological polar surface area (TPSA) is 52.6 Å². The molecular weight excluding hydrogens is 292 g/mol. The van der Waals surface area contributed by atoms with E-state index in [9.17, 15) is 9.59 Å². The molecular formula is C19H36O4. The maximum atomic E-state index is 11.5. The van der Waals surface area contributed by atoms with Gasteiger partial charge in [0.15, 0.2) is 0 Å². The van der Waals surface area contributed by atoms with Crippen molar-refractivity contribution >= 4 is 11.9 Å². The van der Waals surface area contributed by atoms with Crippen molar-refractivity contribution in [2.75, 3.05) is 13.2 Å². The quantitative estimate of drug-likeness (QED) is 0.289. The molecule has 0 heterocycles. The van der Waals surface area contributed by atoms with Crippen LogP contribution in [0, 0.1) is 0 Å². The van der Waals surface area contributed by atoms with Crippen LogP contribution in [0.15, 0.2) is 0 Å². The first-order valence-electron chi connectivity index (χ1n) is 9.52. The van der Waals surface area contributed by atoms with E-state index in [4.69, 9.17) is 9.47 Å². The highest BCUT2D eigenvalue weighted by atomic mass is 16.5. The summed E-state index contributed by atoms with van der Waals surface area (Å²) in [5, 5.41) is 0. The van der Waals surface area contributed by atoms with Crippen molar-refractivity contribution in [3.8, 4) is 0 Å². The molecule has 4 nitrogen and oxygen atoms in total. The molecule has 0 atom stereocenters. The predicted molar refractivity (Wildman–Crippen MR) is 93.3 cm³/mol. The summed E-state index contributed by atoms with van der Waals surface area (Å²) in [5.74, 6) is -0.205. The van der Waals surface area contributed by atoms with Gasteiger partial charge >= 0.3 is 11.9 Å². The standard InChI is InChI=1S/C19H36O4/c1-3-5-7-8-9-12-16-23-19(21)15-11-10-13-17-22-18(20)14-6-4-2/h3-17H2,1-2H3. The number of ether oxygens (including phenoxy) is 2. The molecule has 0 saturated carbocycles. The Morgan fingerprint density at radius 1 is 0.565 bits per heavy atom. The molecule has 4 heteroatoms. The van der Waals surface area contributed by atoms with E-state index in [2.05, 4.69) is 13.8 Å². The zero-order chi connectivity index (χ0) is 17.2. The molecule has 23 heavy (non-hydrogen) atoms. The third-order valence-corrected chi connectivity index (χ3v) is 3.78. The molecule has 0 aromatic carbocycles. The lowest BCUT2D eigenvalue weighted by Crippen LogP contribution is -2.07. The van der Waals surface area contributed by atoms with Crippen molar-refractivity contribution in [2.45, 2.75) is 97.3 Å². The lowest BCUT2D eigenvalue weighted by Gasteiger charge is -2.06. The number of hydrogen-bond donors (Lipinski definition) is 0. The van der Waals surface area contributed by atoms with Crippen molar-refractivity contribution in [1.29, 1.82) is 0 Å². The largest absolute Gasteiger partial charge is 0.466 e. The van der Waals surface area contributed by atoms with Gasteiger partial charge in [0.2, 0.25) is 0 Å². The molecule has 0 aromatic heterocycles. The van der Waals surface area contributed by atoms with E-state index in [0.29, 0.717) is 26.1 Å². The first kappa shape index (κ1) is 21.9. The molecule has 0 rings (SSSR count). The lowest BCUT2D eigenvalue weighted by atomic mass is 10.1. The van der Waals surface area contributed by atoms with Crippen LogP contribution >= 0.6 is 0 Å². The van der Waals surface area contributed by atoms with E-state index in [1.165, 1.54) is 25.7 Å². The molecule has 0 aliphatic rings. The van der Waals surface area contributed by atoms with Crippen LogP contribution in [-0.4, -0.2) is 25.2 Å². The zero-order valence-corrected chi connectivity index (χ0v) is 15.2. The smallest absolute Gasteiger partial charge is 0.305 e. The summed E-state index contributed by atoms with van der Waals surface area (Å²) in [4.78, 5) is 22.8. The Morgan fingerprint density at radius 2 is 1.00 bits per heavy atom. The molecule has 136 valence electrons. The summed E-state index contributed by atoms with van der Waals surface area (Å²) in [7, 11) is 0. The number of unbranched alkanes of at least 4 members (excludes halogenated alkanes) is 8. The average molecular weight is 328 g/mol. The first-order valence-corrected chi connectivity index (χ1v) is 9.52. The van der Waals surface area contributed by atoms with Gasteiger partial charge in [-0.2, -0.15) is 0 Å². The van der Waals surface area contributed by atoms with Crippen molar-refractivity contribution in [3.05, 3.63) is 0 Å². The molecule has 0 amide bonds. The summed E-state index contributed by atoms with van der Waals surface area (Å²) in [6, 6.07) is 0. The van der Waals surface area contributed by atoms with Crippen LogP contribution in [-0.2, 0) is 19.1 Å². The molecule has 0 spiro atoms. The molecule has 0 bridgehead atoms. The fraction of sp³-hybridized carbons (Fsp3) is 0.895. The SMILES string of the molecule is CCCCCCCCOC(=O)CCCCCOC(=O)CCCC. The number of esters is 2. The minimum Gasteiger partial charge on any atom is -0.466 e. The summed E-state index contributed by atoms with van der Waals surface area (Å²) < 4.78 is 10.3. The highest BCUT2D eigenvalue weighted by molar-refractivity contribution is 5.69. The summed E-state index contributed by atoms with van der Waals surface area (Å²) in [6.07, 6.45) is 12.6. The molecule has 0 saturated heterocycles. The molecule has 0 fully saturated rings. The Labute approximate surface area is 142 Å². The van der Waals surface area contributed by atoms with E-state index in [0.717, 1.165) is 44.9 Å². The van der Waals surface area contributed by atoms with Gasteiger partial charge in [-0.3, -0.25) is 9.59 Å². The van der Waals surface area contributed by atoms with Gasteiger partial charge in [-0.15, -0.1) is 0 Å². The van der Waals surface area contributed by atoms with E-state index >= 15 is 0 Å². The van der Waals surface area contributed by atoms with Gasteiger partial charge in [0, 0.05) is 12.8 Å². The Bertz CT molecular complexity index is 289. The van der Waals surface area contributed by atoms with E-state index < -0.39 is 0 Å². The highest BCUT2D eigenvalue weighted by Gasteiger charge is 2.04. The molecule has 0 aliphatic heterocycles. The Kier molecular flexibility index (Phi) is 16.5. The number of carbonyl (C=O) groups excluding carboxylic acids is 2. The second kappa shape index (κ2) is 17.3. The van der Waals surface area contributed by atoms with Crippen LogP contribution in [0.2, 0.25) is 0 Å².